The van der Waals surface area contributed by atoms with Gasteiger partial charge < -0.3 is 5.73 Å². The Kier molecular flexibility index (Phi) is 3.19. The summed E-state index contributed by atoms with van der Waals surface area (Å²) >= 11 is 0. The van der Waals surface area contributed by atoms with Gasteiger partial charge in [-0.15, -0.1) is 0 Å². The zero-order chi connectivity index (χ0) is 12.4. The van der Waals surface area contributed by atoms with Gasteiger partial charge in [0, 0.05) is 13.2 Å². The standard InChI is InChI=1S/C12H13F2N3/c1-17-5-4-12(16-17)11(15)7-8-6-9(13)2-3-10(8)14/h2-6,11H,7,15H2,1H3. The highest BCUT2D eigenvalue weighted by Gasteiger charge is 2.13. The maximum atomic E-state index is 13.4. The van der Waals surface area contributed by atoms with Crippen LogP contribution in [0.2, 0.25) is 0 Å². The van der Waals surface area contributed by atoms with Crippen LogP contribution >= 0.6 is 0 Å². The molecule has 2 rings (SSSR count). The molecule has 0 fully saturated rings. The number of hydrogen-bond donors (Lipinski definition) is 1. The molecule has 0 amide bonds. The summed E-state index contributed by atoms with van der Waals surface area (Å²) in [6.07, 6.45) is 1.98. The summed E-state index contributed by atoms with van der Waals surface area (Å²) in [4.78, 5) is 0. The molecular weight excluding hydrogens is 224 g/mol. The van der Waals surface area contributed by atoms with Gasteiger partial charge in [-0.2, -0.15) is 5.10 Å². The molecule has 0 aliphatic carbocycles. The minimum absolute atomic E-state index is 0.223. The molecule has 1 aromatic heterocycles. The minimum atomic E-state index is -0.463. The molecule has 1 unspecified atom stereocenters. The molecule has 1 atom stereocenters. The molecule has 2 aromatic rings. The van der Waals surface area contributed by atoms with E-state index in [4.69, 9.17) is 5.73 Å². The number of benzene rings is 1. The molecule has 0 bridgehead atoms. The van der Waals surface area contributed by atoms with Crippen molar-refractivity contribution in [3.63, 3.8) is 0 Å². The van der Waals surface area contributed by atoms with Crippen LogP contribution in [0.5, 0.6) is 0 Å². The summed E-state index contributed by atoms with van der Waals surface area (Å²) in [5, 5.41) is 4.13. The second-order valence-electron chi connectivity index (χ2n) is 3.96. The summed E-state index contributed by atoms with van der Waals surface area (Å²) in [6.45, 7) is 0. The number of hydrogen-bond acceptors (Lipinski definition) is 2. The predicted molar refractivity (Wildman–Crippen MR) is 60.2 cm³/mol. The highest BCUT2D eigenvalue weighted by molar-refractivity contribution is 5.21. The van der Waals surface area contributed by atoms with Gasteiger partial charge in [0.2, 0.25) is 0 Å². The Morgan fingerprint density at radius 3 is 2.76 bits per heavy atom. The Balaban J connectivity index is 2.18. The fourth-order valence-corrected chi connectivity index (χ4v) is 1.67. The Morgan fingerprint density at radius 1 is 1.35 bits per heavy atom. The molecular formula is C12H13F2N3. The van der Waals surface area contributed by atoms with Crippen LogP contribution in [0.25, 0.3) is 0 Å². The lowest BCUT2D eigenvalue weighted by atomic mass is 10.0. The Labute approximate surface area is 97.9 Å². The fraction of sp³-hybridized carbons (Fsp3) is 0.250. The van der Waals surface area contributed by atoms with Crippen molar-refractivity contribution in [3.05, 3.63) is 53.4 Å². The monoisotopic (exact) mass is 237 g/mol. The molecule has 0 saturated heterocycles. The minimum Gasteiger partial charge on any atom is -0.322 e. The zero-order valence-electron chi connectivity index (χ0n) is 9.40. The normalized spacial score (nSPS) is 12.7. The van der Waals surface area contributed by atoms with Gasteiger partial charge in [0.15, 0.2) is 0 Å². The van der Waals surface area contributed by atoms with E-state index in [0.717, 1.165) is 18.2 Å². The third kappa shape index (κ3) is 2.68. The largest absolute Gasteiger partial charge is 0.322 e. The van der Waals surface area contributed by atoms with Crippen LogP contribution in [-0.2, 0) is 13.5 Å². The van der Waals surface area contributed by atoms with E-state index in [1.54, 1.807) is 24.0 Å². The second kappa shape index (κ2) is 4.63. The predicted octanol–water partition coefficient (Wildman–Crippen LogP) is 1.94. The van der Waals surface area contributed by atoms with Crippen LogP contribution in [0.3, 0.4) is 0 Å². The van der Waals surface area contributed by atoms with Gasteiger partial charge in [-0.05, 0) is 36.2 Å². The maximum Gasteiger partial charge on any atom is 0.126 e. The van der Waals surface area contributed by atoms with Gasteiger partial charge in [-0.1, -0.05) is 0 Å². The summed E-state index contributed by atoms with van der Waals surface area (Å²) in [7, 11) is 1.78. The van der Waals surface area contributed by atoms with Gasteiger partial charge in [0.05, 0.1) is 11.7 Å². The molecule has 5 heteroatoms. The van der Waals surface area contributed by atoms with Crippen molar-refractivity contribution < 1.29 is 8.78 Å². The summed E-state index contributed by atoms with van der Waals surface area (Å²) < 4.78 is 28.0. The quantitative estimate of drug-likeness (QED) is 0.886. The lowest BCUT2D eigenvalue weighted by Crippen LogP contribution is -2.15. The van der Waals surface area contributed by atoms with Crippen molar-refractivity contribution >= 4 is 0 Å². The molecule has 0 aliphatic heterocycles. The van der Waals surface area contributed by atoms with Gasteiger partial charge in [-0.25, -0.2) is 8.78 Å². The van der Waals surface area contributed by atoms with Crippen molar-refractivity contribution in [2.45, 2.75) is 12.5 Å². The number of nitrogens with zero attached hydrogens (tertiary/aromatic N) is 2. The fourth-order valence-electron chi connectivity index (χ4n) is 1.67. The molecule has 0 spiro atoms. The van der Waals surface area contributed by atoms with E-state index in [-0.39, 0.29) is 12.0 Å². The highest BCUT2D eigenvalue weighted by atomic mass is 19.1. The van der Waals surface area contributed by atoms with E-state index in [1.807, 2.05) is 0 Å². The van der Waals surface area contributed by atoms with E-state index in [0.29, 0.717) is 5.69 Å². The van der Waals surface area contributed by atoms with Gasteiger partial charge in [0.1, 0.15) is 11.6 Å². The molecule has 0 radical (unpaired) electrons. The number of rotatable bonds is 3. The average molecular weight is 237 g/mol. The molecule has 0 aliphatic rings. The average Bonchev–Trinajstić information content (AvgIpc) is 2.70. The highest BCUT2D eigenvalue weighted by Crippen LogP contribution is 2.17. The number of nitrogens with two attached hydrogens (primary N) is 1. The third-order valence-corrected chi connectivity index (χ3v) is 2.56. The van der Waals surface area contributed by atoms with Crippen molar-refractivity contribution in [2.75, 3.05) is 0 Å². The van der Waals surface area contributed by atoms with Crippen molar-refractivity contribution in [3.8, 4) is 0 Å². The zero-order valence-corrected chi connectivity index (χ0v) is 9.40. The van der Waals surface area contributed by atoms with Crippen LogP contribution < -0.4 is 5.73 Å². The van der Waals surface area contributed by atoms with Crippen molar-refractivity contribution in [2.24, 2.45) is 12.8 Å². The third-order valence-electron chi connectivity index (χ3n) is 2.56. The number of aryl methyl sites for hydroxylation is 1. The molecule has 3 nitrogen and oxygen atoms in total. The molecule has 90 valence electrons. The lowest BCUT2D eigenvalue weighted by Gasteiger charge is -2.09. The maximum absolute atomic E-state index is 13.4. The van der Waals surface area contributed by atoms with E-state index in [9.17, 15) is 8.78 Å². The van der Waals surface area contributed by atoms with Crippen LogP contribution in [-0.4, -0.2) is 9.78 Å². The molecule has 0 saturated carbocycles. The number of aromatic nitrogens is 2. The van der Waals surface area contributed by atoms with Crippen LogP contribution in [0.15, 0.2) is 30.5 Å². The Hall–Kier alpha value is -1.75. The first-order valence-electron chi connectivity index (χ1n) is 5.25. The summed E-state index contributed by atoms with van der Waals surface area (Å²) in [5.74, 6) is -0.910. The van der Waals surface area contributed by atoms with Crippen LogP contribution in [0, 0.1) is 11.6 Å². The van der Waals surface area contributed by atoms with Crippen LogP contribution in [0.1, 0.15) is 17.3 Å². The molecule has 17 heavy (non-hydrogen) atoms. The summed E-state index contributed by atoms with van der Waals surface area (Å²) in [6, 6.07) is 4.69. The molecule has 1 aromatic carbocycles. The van der Waals surface area contributed by atoms with Crippen molar-refractivity contribution in [1.29, 1.82) is 0 Å². The SMILES string of the molecule is Cn1ccc(C(N)Cc2cc(F)ccc2F)n1. The first-order valence-corrected chi connectivity index (χ1v) is 5.25. The number of halogens is 2. The van der Waals surface area contributed by atoms with Crippen molar-refractivity contribution in [1.82, 2.24) is 9.78 Å². The molecule has 1 heterocycles. The van der Waals surface area contributed by atoms with E-state index < -0.39 is 17.7 Å². The Bertz CT molecular complexity index is 522. The summed E-state index contributed by atoms with van der Waals surface area (Å²) in [5.41, 5.74) is 6.82. The van der Waals surface area contributed by atoms with E-state index >= 15 is 0 Å². The Morgan fingerprint density at radius 2 is 2.12 bits per heavy atom. The first kappa shape index (κ1) is 11.7. The van der Waals surface area contributed by atoms with Gasteiger partial charge in [-0.3, -0.25) is 4.68 Å². The lowest BCUT2D eigenvalue weighted by molar-refractivity contribution is 0.567. The van der Waals surface area contributed by atoms with Crippen LogP contribution in [0.4, 0.5) is 8.78 Å². The topological polar surface area (TPSA) is 43.8 Å². The van der Waals surface area contributed by atoms with E-state index in [2.05, 4.69) is 5.10 Å². The second-order valence-corrected chi connectivity index (χ2v) is 3.96. The molecule has 2 N–H and O–H groups in total. The van der Waals surface area contributed by atoms with E-state index in [1.165, 1.54) is 0 Å². The smallest absolute Gasteiger partial charge is 0.126 e. The van der Waals surface area contributed by atoms with Gasteiger partial charge >= 0.3 is 0 Å². The van der Waals surface area contributed by atoms with Gasteiger partial charge in [0.25, 0.3) is 0 Å². The first-order chi connectivity index (χ1) is 8.06.